The normalized spacial score (nSPS) is 15.7. The molecule has 3 rings (SSSR count). The summed E-state index contributed by atoms with van der Waals surface area (Å²) in [6.45, 7) is 5.31. The Morgan fingerprint density at radius 1 is 1.00 bits per heavy atom. The summed E-state index contributed by atoms with van der Waals surface area (Å²) >= 11 is 0. The van der Waals surface area contributed by atoms with Crippen molar-refractivity contribution in [2.24, 2.45) is 0 Å². The molecular weight excluding hydrogens is 258 g/mol. The number of aryl methyl sites for hydroxylation is 3. The fourth-order valence-corrected chi connectivity index (χ4v) is 3.10. The first-order valence-corrected chi connectivity index (χ1v) is 7.65. The molecule has 0 fully saturated rings. The number of aliphatic hydroxyl groups excluding tert-OH is 1. The van der Waals surface area contributed by atoms with E-state index in [1.54, 1.807) is 0 Å². The van der Waals surface area contributed by atoms with Gasteiger partial charge in [-0.15, -0.1) is 0 Å². The van der Waals surface area contributed by atoms with Gasteiger partial charge in [-0.3, -0.25) is 0 Å². The zero-order valence-electron chi connectivity index (χ0n) is 13.1. The number of benzene rings is 2. The van der Waals surface area contributed by atoms with Gasteiger partial charge in [0.25, 0.3) is 0 Å². The van der Waals surface area contributed by atoms with Crippen LogP contribution in [0.15, 0.2) is 36.4 Å². The highest BCUT2D eigenvalue weighted by atomic mass is 16.3. The van der Waals surface area contributed by atoms with Crippen LogP contribution in [0.4, 0.5) is 5.69 Å². The minimum absolute atomic E-state index is 0.540. The highest BCUT2D eigenvalue weighted by Crippen LogP contribution is 2.31. The third kappa shape index (κ3) is 2.68. The quantitative estimate of drug-likeness (QED) is 0.906. The molecule has 0 saturated carbocycles. The summed E-state index contributed by atoms with van der Waals surface area (Å²) in [6.07, 6.45) is 1.75. The Morgan fingerprint density at radius 2 is 1.71 bits per heavy atom. The average molecular weight is 281 g/mol. The molecule has 0 bridgehead atoms. The molecule has 1 unspecified atom stereocenters. The van der Waals surface area contributed by atoms with Crippen LogP contribution in [0.2, 0.25) is 0 Å². The van der Waals surface area contributed by atoms with Crippen LogP contribution in [-0.2, 0) is 6.42 Å². The van der Waals surface area contributed by atoms with E-state index in [2.05, 4.69) is 56.1 Å². The summed E-state index contributed by atoms with van der Waals surface area (Å²) in [5, 5.41) is 10.7. The number of rotatable bonds is 2. The Hall–Kier alpha value is -1.80. The van der Waals surface area contributed by atoms with E-state index in [0.29, 0.717) is 0 Å². The van der Waals surface area contributed by atoms with Crippen molar-refractivity contribution in [2.45, 2.75) is 32.8 Å². The second-order valence-electron chi connectivity index (χ2n) is 6.16. The highest BCUT2D eigenvalue weighted by molar-refractivity contribution is 5.57. The van der Waals surface area contributed by atoms with Gasteiger partial charge >= 0.3 is 0 Å². The molecule has 1 atom stereocenters. The summed E-state index contributed by atoms with van der Waals surface area (Å²) < 4.78 is 0. The number of anilines is 1. The van der Waals surface area contributed by atoms with E-state index in [-0.39, 0.29) is 0 Å². The van der Waals surface area contributed by atoms with E-state index in [9.17, 15) is 5.11 Å². The largest absolute Gasteiger partial charge is 0.384 e. The maximum absolute atomic E-state index is 10.7. The van der Waals surface area contributed by atoms with Crippen LogP contribution in [0.1, 0.15) is 40.3 Å². The predicted molar refractivity (Wildman–Crippen MR) is 88.0 cm³/mol. The highest BCUT2D eigenvalue weighted by Gasteiger charge is 2.17. The molecule has 0 aliphatic carbocycles. The Kier molecular flexibility index (Phi) is 3.73. The lowest BCUT2D eigenvalue weighted by atomic mass is 9.94. The minimum atomic E-state index is -0.540. The molecule has 2 aromatic carbocycles. The summed E-state index contributed by atoms with van der Waals surface area (Å²) in [7, 11) is 2.14. The summed E-state index contributed by atoms with van der Waals surface area (Å²) in [5.41, 5.74) is 7.11. The van der Waals surface area contributed by atoms with E-state index in [1.807, 2.05) is 6.07 Å². The van der Waals surface area contributed by atoms with Gasteiger partial charge in [0.1, 0.15) is 6.10 Å². The molecular formula is C19H23NO. The first-order chi connectivity index (χ1) is 10.1. The van der Waals surface area contributed by atoms with Crippen molar-refractivity contribution in [3.8, 4) is 0 Å². The first kappa shape index (κ1) is 14.2. The third-order valence-electron chi connectivity index (χ3n) is 4.62. The lowest BCUT2D eigenvalue weighted by Gasteiger charge is -2.28. The standard InChI is InChI=1S/C19H23NO/c1-13-6-7-16(11-14(13)2)19(21)17-8-9-18-15(12-17)5-4-10-20(18)3/h6-9,11-12,19,21H,4-5,10H2,1-3H3. The van der Waals surface area contributed by atoms with Gasteiger partial charge in [0.05, 0.1) is 0 Å². The minimum Gasteiger partial charge on any atom is -0.384 e. The molecule has 110 valence electrons. The molecule has 1 N–H and O–H groups in total. The van der Waals surface area contributed by atoms with E-state index in [1.165, 1.54) is 28.8 Å². The zero-order valence-corrected chi connectivity index (χ0v) is 13.1. The van der Waals surface area contributed by atoms with Crippen LogP contribution >= 0.6 is 0 Å². The lowest BCUT2D eigenvalue weighted by Crippen LogP contribution is -2.24. The van der Waals surface area contributed by atoms with Gasteiger partial charge in [0.2, 0.25) is 0 Å². The smallest absolute Gasteiger partial charge is 0.104 e. The van der Waals surface area contributed by atoms with Crippen molar-refractivity contribution in [3.63, 3.8) is 0 Å². The van der Waals surface area contributed by atoms with Crippen molar-refractivity contribution < 1.29 is 5.11 Å². The van der Waals surface area contributed by atoms with E-state index < -0.39 is 6.10 Å². The van der Waals surface area contributed by atoms with Gasteiger partial charge in [-0.05, 0) is 60.6 Å². The molecule has 2 aromatic rings. The summed E-state index contributed by atoms with van der Waals surface area (Å²) in [5.74, 6) is 0. The molecule has 0 spiro atoms. The predicted octanol–water partition coefficient (Wildman–Crippen LogP) is 3.77. The third-order valence-corrected chi connectivity index (χ3v) is 4.62. The van der Waals surface area contributed by atoms with Gasteiger partial charge in [-0.2, -0.15) is 0 Å². The molecule has 21 heavy (non-hydrogen) atoms. The lowest BCUT2D eigenvalue weighted by molar-refractivity contribution is 0.220. The summed E-state index contributed by atoms with van der Waals surface area (Å²) in [4.78, 5) is 2.30. The Morgan fingerprint density at radius 3 is 2.48 bits per heavy atom. The first-order valence-electron chi connectivity index (χ1n) is 7.65. The van der Waals surface area contributed by atoms with Gasteiger partial charge in [0, 0.05) is 19.3 Å². The number of hydrogen-bond acceptors (Lipinski definition) is 2. The molecule has 0 aromatic heterocycles. The molecule has 2 nitrogen and oxygen atoms in total. The van der Waals surface area contributed by atoms with Gasteiger partial charge in [0.15, 0.2) is 0 Å². The van der Waals surface area contributed by atoms with E-state index >= 15 is 0 Å². The Balaban J connectivity index is 1.94. The van der Waals surface area contributed by atoms with Crippen molar-refractivity contribution in [2.75, 3.05) is 18.5 Å². The summed E-state index contributed by atoms with van der Waals surface area (Å²) in [6, 6.07) is 12.6. The van der Waals surface area contributed by atoms with Crippen LogP contribution < -0.4 is 4.90 Å². The Bertz CT molecular complexity index is 663. The number of hydrogen-bond donors (Lipinski definition) is 1. The van der Waals surface area contributed by atoms with Crippen LogP contribution in [-0.4, -0.2) is 18.7 Å². The second-order valence-corrected chi connectivity index (χ2v) is 6.16. The van der Waals surface area contributed by atoms with Crippen LogP contribution in [0, 0.1) is 13.8 Å². The van der Waals surface area contributed by atoms with Gasteiger partial charge in [-0.1, -0.05) is 30.3 Å². The molecule has 0 radical (unpaired) electrons. The van der Waals surface area contributed by atoms with Crippen LogP contribution in [0.25, 0.3) is 0 Å². The second kappa shape index (κ2) is 5.53. The maximum atomic E-state index is 10.7. The van der Waals surface area contributed by atoms with Crippen molar-refractivity contribution in [3.05, 3.63) is 64.2 Å². The number of fused-ring (bicyclic) bond motifs is 1. The molecule has 0 saturated heterocycles. The molecule has 1 heterocycles. The van der Waals surface area contributed by atoms with Crippen LogP contribution in [0.3, 0.4) is 0 Å². The molecule has 0 amide bonds. The van der Waals surface area contributed by atoms with E-state index in [4.69, 9.17) is 0 Å². The number of nitrogens with zero attached hydrogens (tertiary/aromatic N) is 1. The fraction of sp³-hybridized carbons (Fsp3) is 0.368. The van der Waals surface area contributed by atoms with Crippen molar-refractivity contribution in [1.82, 2.24) is 0 Å². The topological polar surface area (TPSA) is 23.5 Å². The van der Waals surface area contributed by atoms with E-state index in [0.717, 1.165) is 24.1 Å². The van der Waals surface area contributed by atoms with Gasteiger partial charge in [-0.25, -0.2) is 0 Å². The number of aliphatic hydroxyl groups is 1. The van der Waals surface area contributed by atoms with Crippen molar-refractivity contribution in [1.29, 1.82) is 0 Å². The monoisotopic (exact) mass is 281 g/mol. The Labute approximate surface area is 127 Å². The maximum Gasteiger partial charge on any atom is 0.104 e. The fourth-order valence-electron chi connectivity index (χ4n) is 3.10. The average Bonchev–Trinajstić information content (AvgIpc) is 2.49. The van der Waals surface area contributed by atoms with Crippen LogP contribution in [0.5, 0.6) is 0 Å². The SMILES string of the molecule is Cc1ccc(C(O)c2ccc3c(c2)CCCN3C)cc1C. The molecule has 1 aliphatic rings. The van der Waals surface area contributed by atoms with Gasteiger partial charge < -0.3 is 10.0 Å². The zero-order chi connectivity index (χ0) is 15.0. The molecule has 1 aliphatic heterocycles. The van der Waals surface area contributed by atoms with Crippen molar-refractivity contribution >= 4 is 5.69 Å². The molecule has 2 heteroatoms.